The quantitative estimate of drug-likeness (QED) is 0.729. The van der Waals surface area contributed by atoms with E-state index >= 15 is 0 Å². The van der Waals surface area contributed by atoms with Crippen LogP contribution >= 0.6 is 0 Å². The number of benzene rings is 2. The molecule has 2 fully saturated rings. The van der Waals surface area contributed by atoms with E-state index in [1.54, 1.807) is 21.9 Å². The normalized spacial score (nSPS) is 20.1. The summed E-state index contributed by atoms with van der Waals surface area (Å²) in [5, 5.41) is 0. The first kappa shape index (κ1) is 22.4. The zero-order chi connectivity index (χ0) is 22.5. The molecule has 2 saturated heterocycles. The molecule has 1 atom stereocenters. The average Bonchev–Trinajstić information content (AvgIpc) is 3.05. The molecule has 2 heterocycles. The summed E-state index contributed by atoms with van der Waals surface area (Å²) in [6, 6.07) is 11.8. The van der Waals surface area contributed by atoms with Crippen molar-refractivity contribution in [2.75, 3.05) is 52.4 Å². The summed E-state index contributed by atoms with van der Waals surface area (Å²) in [4.78, 5) is 31.3. The highest BCUT2D eigenvalue weighted by Crippen LogP contribution is 2.23. The molecular weight excluding hydrogens is 416 g/mol. The number of carbonyl (C=O) groups excluding carboxylic acids is 2. The Morgan fingerprint density at radius 2 is 1.53 bits per heavy atom. The molecule has 2 amide bonds. The Labute approximate surface area is 186 Å². The molecule has 6 nitrogen and oxygen atoms in total. The van der Waals surface area contributed by atoms with Gasteiger partial charge in [-0.25, -0.2) is 8.78 Å². The molecule has 0 aliphatic carbocycles. The summed E-state index contributed by atoms with van der Waals surface area (Å²) in [7, 11) is 0. The van der Waals surface area contributed by atoms with E-state index < -0.39 is 0 Å². The fraction of sp³-hybridized carbons (Fsp3) is 0.417. The number of amides is 2. The van der Waals surface area contributed by atoms with Crippen LogP contribution in [0.1, 0.15) is 28.4 Å². The maximum absolute atomic E-state index is 13.2. The molecule has 2 aromatic rings. The number of nitrogens with zero attached hydrogens (tertiary/aromatic N) is 3. The van der Waals surface area contributed by atoms with Crippen LogP contribution in [0, 0.1) is 11.6 Å². The maximum Gasteiger partial charge on any atom is 0.253 e. The fourth-order valence-electron chi connectivity index (χ4n) is 4.15. The molecule has 2 aliphatic heterocycles. The summed E-state index contributed by atoms with van der Waals surface area (Å²) in [5.41, 5.74) is 1.32. The molecule has 4 rings (SSSR count). The third-order valence-corrected chi connectivity index (χ3v) is 5.99. The molecule has 0 radical (unpaired) electrons. The van der Waals surface area contributed by atoms with Gasteiger partial charge in [0.2, 0.25) is 5.91 Å². The van der Waals surface area contributed by atoms with Gasteiger partial charge in [0.25, 0.3) is 5.91 Å². The van der Waals surface area contributed by atoms with E-state index in [4.69, 9.17) is 4.74 Å². The first-order chi connectivity index (χ1) is 15.5. The van der Waals surface area contributed by atoms with Crippen molar-refractivity contribution in [2.24, 2.45) is 0 Å². The molecule has 2 aromatic carbocycles. The summed E-state index contributed by atoms with van der Waals surface area (Å²) in [6.45, 7) is 4.14. The van der Waals surface area contributed by atoms with Crippen LogP contribution < -0.4 is 0 Å². The van der Waals surface area contributed by atoms with Gasteiger partial charge in [0.05, 0.1) is 19.7 Å². The fourth-order valence-corrected chi connectivity index (χ4v) is 4.15. The van der Waals surface area contributed by atoms with E-state index in [2.05, 4.69) is 4.90 Å². The standard InChI is InChI=1S/C24H27F2N3O3/c25-20-6-2-18(3-7-20)22-16-29(14-15-32-22)23(30)17-27-10-1-11-28(13-12-27)24(31)19-4-8-21(26)9-5-19/h2-9,22H,1,10-17H2. The van der Waals surface area contributed by atoms with Crippen LogP contribution in [0.4, 0.5) is 8.78 Å². The molecule has 0 aromatic heterocycles. The Bertz CT molecular complexity index is 937. The number of hydrogen-bond acceptors (Lipinski definition) is 4. The van der Waals surface area contributed by atoms with E-state index in [9.17, 15) is 18.4 Å². The largest absolute Gasteiger partial charge is 0.370 e. The SMILES string of the molecule is O=C(CN1CCCN(C(=O)c2ccc(F)cc2)CC1)N1CCOC(c2ccc(F)cc2)C1. The Morgan fingerprint density at radius 3 is 2.25 bits per heavy atom. The summed E-state index contributed by atoms with van der Waals surface area (Å²) in [5.74, 6) is -0.760. The number of hydrogen-bond donors (Lipinski definition) is 0. The van der Waals surface area contributed by atoms with Gasteiger partial charge in [0, 0.05) is 38.3 Å². The van der Waals surface area contributed by atoms with E-state index in [0.29, 0.717) is 44.9 Å². The van der Waals surface area contributed by atoms with Gasteiger partial charge in [-0.15, -0.1) is 0 Å². The number of morpholine rings is 1. The summed E-state index contributed by atoms with van der Waals surface area (Å²) < 4.78 is 32.1. The lowest BCUT2D eigenvalue weighted by Crippen LogP contribution is -2.47. The highest BCUT2D eigenvalue weighted by atomic mass is 19.1. The lowest BCUT2D eigenvalue weighted by Gasteiger charge is -2.34. The van der Waals surface area contributed by atoms with Gasteiger partial charge in [0.15, 0.2) is 0 Å². The predicted octanol–water partition coefficient (Wildman–Crippen LogP) is 2.71. The van der Waals surface area contributed by atoms with Crippen molar-refractivity contribution >= 4 is 11.8 Å². The minimum absolute atomic E-state index is 0.0266. The van der Waals surface area contributed by atoms with Crippen LogP contribution in [0.5, 0.6) is 0 Å². The van der Waals surface area contributed by atoms with E-state index in [1.807, 2.05) is 0 Å². The molecule has 0 spiro atoms. The molecule has 0 bridgehead atoms. The Balaban J connectivity index is 1.30. The van der Waals surface area contributed by atoms with Crippen molar-refractivity contribution in [1.29, 1.82) is 0 Å². The second kappa shape index (κ2) is 10.2. The predicted molar refractivity (Wildman–Crippen MR) is 115 cm³/mol. The molecule has 32 heavy (non-hydrogen) atoms. The molecule has 0 saturated carbocycles. The second-order valence-corrected chi connectivity index (χ2v) is 8.18. The number of ether oxygens (including phenoxy) is 1. The first-order valence-corrected chi connectivity index (χ1v) is 10.9. The van der Waals surface area contributed by atoms with Crippen LogP contribution in [0.3, 0.4) is 0 Å². The molecule has 0 N–H and O–H groups in total. The smallest absolute Gasteiger partial charge is 0.253 e. The van der Waals surface area contributed by atoms with Gasteiger partial charge in [-0.3, -0.25) is 14.5 Å². The molecule has 2 aliphatic rings. The monoisotopic (exact) mass is 443 g/mol. The zero-order valence-corrected chi connectivity index (χ0v) is 17.9. The maximum atomic E-state index is 13.2. The molecule has 8 heteroatoms. The highest BCUT2D eigenvalue weighted by Gasteiger charge is 2.27. The van der Waals surface area contributed by atoms with Gasteiger partial charge in [-0.1, -0.05) is 12.1 Å². The Morgan fingerprint density at radius 1 is 0.844 bits per heavy atom. The zero-order valence-electron chi connectivity index (χ0n) is 17.9. The summed E-state index contributed by atoms with van der Waals surface area (Å²) in [6.07, 6.45) is 0.503. The third kappa shape index (κ3) is 5.49. The Kier molecular flexibility index (Phi) is 7.12. The van der Waals surface area contributed by atoms with E-state index in [0.717, 1.165) is 18.5 Å². The van der Waals surface area contributed by atoms with Crippen molar-refractivity contribution in [3.8, 4) is 0 Å². The van der Waals surface area contributed by atoms with Crippen molar-refractivity contribution in [3.05, 3.63) is 71.3 Å². The average molecular weight is 443 g/mol. The van der Waals surface area contributed by atoms with Crippen LogP contribution in [0.2, 0.25) is 0 Å². The second-order valence-electron chi connectivity index (χ2n) is 8.18. The van der Waals surface area contributed by atoms with Gasteiger partial charge in [0.1, 0.15) is 17.7 Å². The topological polar surface area (TPSA) is 53.1 Å². The third-order valence-electron chi connectivity index (χ3n) is 5.99. The molecule has 1 unspecified atom stereocenters. The summed E-state index contributed by atoms with van der Waals surface area (Å²) >= 11 is 0. The van der Waals surface area contributed by atoms with Gasteiger partial charge >= 0.3 is 0 Å². The van der Waals surface area contributed by atoms with Crippen LogP contribution in [0.15, 0.2) is 48.5 Å². The van der Waals surface area contributed by atoms with Gasteiger partial charge in [-0.05, 0) is 48.4 Å². The number of halogens is 2. The van der Waals surface area contributed by atoms with Crippen molar-refractivity contribution in [1.82, 2.24) is 14.7 Å². The van der Waals surface area contributed by atoms with Crippen molar-refractivity contribution < 1.29 is 23.1 Å². The lowest BCUT2D eigenvalue weighted by molar-refractivity contribution is -0.140. The van der Waals surface area contributed by atoms with Crippen LogP contribution in [-0.2, 0) is 9.53 Å². The van der Waals surface area contributed by atoms with E-state index in [-0.39, 0.29) is 36.1 Å². The lowest BCUT2D eigenvalue weighted by atomic mass is 10.1. The van der Waals surface area contributed by atoms with Crippen LogP contribution in [0.25, 0.3) is 0 Å². The van der Waals surface area contributed by atoms with Crippen LogP contribution in [-0.4, -0.2) is 78.9 Å². The van der Waals surface area contributed by atoms with Gasteiger partial charge in [-0.2, -0.15) is 0 Å². The van der Waals surface area contributed by atoms with E-state index in [1.165, 1.54) is 36.4 Å². The highest BCUT2D eigenvalue weighted by molar-refractivity contribution is 5.94. The van der Waals surface area contributed by atoms with Crippen molar-refractivity contribution in [3.63, 3.8) is 0 Å². The molecular formula is C24H27F2N3O3. The first-order valence-electron chi connectivity index (χ1n) is 10.9. The Hall–Kier alpha value is -2.84. The minimum atomic E-state index is -0.369. The van der Waals surface area contributed by atoms with Gasteiger partial charge < -0.3 is 14.5 Å². The molecule has 170 valence electrons. The van der Waals surface area contributed by atoms with Crippen molar-refractivity contribution in [2.45, 2.75) is 12.5 Å². The minimum Gasteiger partial charge on any atom is -0.370 e. The number of rotatable bonds is 4. The number of carbonyl (C=O) groups is 2.